The Morgan fingerprint density at radius 3 is 2.29 bits per heavy atom. The summed E-state index contributed by atoms with van der Waals surface area (Å²) in [5.41, 5.74) is 2.36. The number of fused-ring (bicyclic) bond motifs is 1. The van der Waals surface area contributed by atoms with Gasteiger partial charge < -0.3 is 5.32 Å². The average molecular weight is 431 g/mol. The van der Waals surface area contributed by atoms with Crippen LogP contribution >= 0.6 is 0 Å². The molecule has 0 spiro atoms. The summed E-state index contributed by atoms with van der Waals surface area (Å²) in [7, 11) is -3.74. The molecule has 0 radical (unpaired) electrons. The van der Waals surface area contributed by atoms with Gasteiger partial charge in [0, 0.05) is 12.1 Å². The molecule has 4 aromatic rings. The number of carbonyl (C=O) groups excluding carboxylic acids is 1. The number of carbonyl (C=O) groups is 1. The molecule has 5 nitrogen and oxygen atoms in total. The van der Waals surface area contributed by atoms with Gasteiger partial charge in [-0.2, -0.15) is 0 Å². The van der Waals surface area contributed by atoms with E-state index in [1.807, 2.05) is 42.5 Å². The lowest BCUT2D eigenvalue weighted by atomic mass is 10.1. The summed E-state index contributed by atoms with van der Waals surface area (Å²) in [4.78, 5) is 13.0. The molecule has 0 saturated carbocycles. The van der Waals surface area contributed by atoms with Crippen LogP contribution in [0.5, 0.6) is 0 Å². The lowest BCUT2D eigenvalue weighted by molar-refractivity contribution is 0.0950. The second-order valence-corrected chi connectivity index (χ2v) is 8.94. The van der Waals surface area contributed by atoms with Gasteiger partial charge in [-0.1, -0.05) is 60.7 Å². The molecule has 0 unspecified atom stereocenters. The molecule has 0 aliphatic heterocycles. The summed E-state index contributed by atoms with van der Waals surface area (Å²) < 4.78 is 27.9. The van der Waals surface area contributed by atoms with E-state index in [4.69, 9.17) is 0 Å². The topological polar surface area (TPSA) is 75.3 Å². The van der Waals surface area contributed by atoms with Gasteiger partial charge in [-0.3, -0.25) is 9.52 Å². The summed E-state index contributed by atoms with van der Waals surface area (Å²) >= 11 is 0. The summed E-state index contributed by atoms with van der Waals surface area (Å²) in [6, 6.07) is 27.3. The van der Waals surface area contributed by atoms with Crippen LogP contribution in [-0.2, 0) is 16.6 Å². The van der Waals surface area contributed by atoms with Gasteiger partial charge in [0.2, 0.25) is 0 Å². The van der Waals surface area contributed by atoms with Crippen LogP contribution in [0.25, 0.3) is 10.8 Å². The minimum absolute atomic E-state index is 0.167. The molecule has 0 aromatic heterocycles. The number of hydrogen-bond donors (Lipinski definition) is 2. The molecule has 0 atom stereocenters. The van der Waals surface area contributed by atoms with Crippen molar-refractivity contribution in [1.82, 2.24) is 5.32 Å². The molecular formula is C25H22N2O3S. The zero-order valence-electron chi connectivity index (χ0n) is 17.0. The molecule has 6 heteroatoms. The number of rotatable bonds is 6. The van der Waals surface area contributed by atoms with Crippen LogP contribution in [0, 0.1) is 6.92 Å². The highest BCUT2D eigenvalue weighted by Crippen LogP contribution is 2.23. The molecule has 0 heterocycles. The van der Waals surface area contributed by atoms with E-state index < -0.39 is 10.0 Å². The summed E-state index contributed by atoms with van der Waals surface area (Å²) in [6.45, 7) is 2.11. The van der Waals surface area contributed by atoms with Gasteiger partial charge in [-0.05, 0) is 59.2 Å². The van der Waals surface area contributed by atoms with Crippen molar-refractivity contribution in [3.8, 4) is 0 Å². The van der Waals surface area contributed by atoms with E-state index in [-0.39, 0.29) is 10.8 Å². The lowest BCUT2D eigenvalue weighted by Crippen LogP contribution is -2.24. The normalized spacial score (nSPS) is 11.3. The number of nitrogens with one attached hydrogen (secondary N) is 2. The van der Waals surface area contributed by atoms with Crippen LogP contribution in [0.4, 0.5) is 5.69 Å². The summed E-state index contributed by atoms with van der Waals surface area (Å²) in [5.74, 6) is -0.258. The Morgan fingerprint density at radius 2 is 1.52 bits per heavy atom. The van der Waals surface area contributed by atoms with E-state index in [0.29, 0.717) is 23.4 Å². The van der Waals surface area contributed by atoms with Crippen LogP contribution < -0.4 is 10.0 Å². The predicted octanol–water partition coefficient (Wildman–Crippen LogP) is 4.88. The van der Waals surface area contributed by atoms with Crippen molar-refractivity contribution in [2.24, 2.45) is 0 Å². The zero-order valence-corrected chi connectivity index (χ0v) is 17.8. The molecule has 0 aliphatic carbocycles. The molecular weight excluding hydrogens is 408 g/mol. The molecule has 4 aromatic carbocycles. The maximum absolute atomic E-state index is 12.8. The molecule has 31 heavy (non-hydrogen) atoms. The molecule has 1 amide bonds. The van der Waals surface area contributed by atoms with Crippen molar-refractivity contribution in [3.05, 3.63) is 108 Å². The van der Waals surface area contributed by atoms with Crippen LogP contribution in [0.1, 0.15) is 21.5 Å². The Bertz CT molecular complexity index is 1350. The van der Waals surface area contributed by atoms with Crippen molar-refractivity contribution in [2.45, 2.75) is 18.4 Å². The molecule has 0 aliphatic rings. The highest BCUT2D eigenvalue weighted by atomic mass is 32.2. The number of sulfonamides is 1. The van der Waals surface area contributed by atoms with Crippen molar-refractivity contribution >= 4 is 32.4 Å². The highest BCUT2D eigenvalue weighted by Gasteiger charge is 2.17. The van der Waals surface area contributed by atoms with Gasteiger partial charge in [-0.15, -0.1) is 0 Å². The molecule has 156 valence electrons. The Hall–Kier alpha value is -3.64. The Morgan fingerprint density at radius 1 is 0.806 bits per heavy atom. The van der Waals surface area contributed by atoms with Gasteiger partial charge in [0.25, 0.3) is 15.9 Å². The fourth-order valence-corrected chi connectivity index (χ4v) is 4.57. The largest absolute Gasteiger partial charge is 0.348 e. The van der Waals surface area contributed by atoms with Gasteiger partial charge in [0.1, 0.15) is 0 Å². The van der Waals surface area contributed by atoms with Crippen molar-refractivity contribution in [3.63, 3.8) is 0 Å². The Kier molecular flexibility index (Phi) is 5.73. The second-order valence-electron chi connectivity index (χ2n) is 7.26. The van der Waals surface area contributed by atoms with E-state index in [9.17, 15) is 13.2 Å². The van der Waals surface area contributed by atoms with E-state index in [1.54, 1.807) is 43.3 Å². The quantitative estimate of drug-likeness (QED) is 0.458. The molecule has 0 saturated heterocycles. The third-order valence-electron chi connectivity index (χ3n) is 5.14. The monoisotopic (exact) mass is 430 g/mol. The van der Waals surface area contributed by atoms with Gasteiger partial charge in [0.15, 0.2) is 0 Å². The van der Waals surface area contributed by atoms with E-state index >= 15 is 0 Å². The van der Waals surface area contributed by atoms with Gasteiger partial charge >= 0.3 is 0 Å². The highest BCUT2D eigenvalue weighted by molar-refractivity contribution is 7.92. The first-order valence-corrected chi connectivity index (χ1v) is 11.4. The minimum atomic E-state index is -3.74. The third-order valence-corrected chi connectivity index (χ3v) is 6.52. The SMILES string of the molecule is Cc1c(NS(=O)(=O)c2ccccc2)cccc1C(=O)NCc1ccc2ccccc2c1. The number of anilines is 1. The molecule has 0 fully saturated rings. The zero-order chi connectivity index (χ0) is 21.8. The second kappa shape index (κ2) is 8.62. The fraction of sp³-hybridized carbons (Fsp3) is 0.0800. The van der Waals surface area contributed by atoms with Gasteiger partial charge in [-0.25, -0.2) is 8.42 Å². The maximum Gasteiger partial charge on any atom is 0.261 e. The Balaban J connectivity index is 1.51. The molecule has 0 bridgehead atoms. The van der Waals surface area contributed by atoms with E-state index in [2.05, 4.69) is 10.0 Å². The average Bonchev–Trinajstić information content (AvgIpc) is 2.79. The first-order chi connectivity index (χ1) is 14.9. The standard InChI is InChI=1S/C25H22N2O3S/c1-18-23(12-7-13-24(18)27-31(29,30)22-10-3-2-4-11-22)25(28)26-17-19-14-15-20-8-5-6-9-21(20)16-19/h2-16,27H,17H2,1H3,(H,26,28). The molecule has 2 N–H and O–H groups in total. The van der Waals surface area contributed by atoms with Crippen molar-refractivity contribution in [1.29, 1.82) is 0 Å². The predicted molar refractivity (Wildman–Crippen MR) is 124 cm³/mol. The minimum Gasteiger partial charge on any atom is -0.348 e. The lowest BCUT2D eigenvalue weighted by Gasteiger charge is -2.14. The van der Waals surface area contributed by atoms with E-state index in [0.717, 1.165) is 16.3 Å². The van der Waals surface area contributed by atoms with Crippen molar-refractivity contribution < 1.29 is 13.2 Å². The fourth-order valence-electron chi connectivity index (χ4n) is 3.42. The maximum atomic E-state index is 12.8. The smallest absolute Gasteiger partial charge is 0.261 e. The number of hydrogen-bond acceptors (Lipinski definition) is 3. The van der Waals surface area contributed by atoms with Crippen LogP contribution in [0.15, 0.2) is 95.9 Å². The first-order valence-electron chi connectivity index (χ1n) is 9.87. The van der Waals surface area contributed by atoms with E-state index in [1.165, 1.54) is 12.1 Å². The number of benzene rings is 4. The van der Waals surface area contributed by atoms with Crippen LogP contribution in [0.3, 0.4) is 0 Å². The Labute approximate surface area is 181 Å². The van der Waals surface area contributed by atoms with Gasteiger partial charge in [0.05, 0.1) is 10.6 Å². The first kappa shape index (κ1) is 20.6. The number of amides is 1. The molecule has 4 rings (SSSR count). The summed E-state index contributed by atoms with van der Waals surface area (Å²) in [5, 5.41) is 5.19. The van der Waals surface area contributed by atoms with Crippen molar-refractivity contribution in [2.75, 3.05) is 4.72 Å². The van der Waals surface area contributed by atoms with Crippen LogP contribution in [-0.4, -0.2) is 14.3 Å². The van der Waals surface area contributed by atoms with Crippen LogP contribution in [0.2, 0.25) is 0 Å². The third kappa shape index (κ3) is 4.59. The summed E-state index contributed by atoms with van der Waals surface area (Å²) in [6.07, 6.45) is 0.